The summed E-state index contributed by atoms with van der Waals surface area (Å²) in [5.74, 6) is 2.17. The molecule has 2 heterocycles. The molecule has 0 fully saturated rings. The summed E-state index contributed by atoms with van der Waals surface area (Å²) in [6.45, 7) is 0.600. The summed E-state index contributed by atoms with van der Waals surface area (Å²) >= 11 is 0. The Morgan fingerprint density at radius 1 is 0.793 bits per heavy atom. The van der Waals surface area contributed by atoms with Crippen molar-refractivity contribution in [2.24, 2.45) is 0 Å². The minimum absolute atomic E-state index is 0.600. The molecule has 2 aromatic carbocycles. The summed E-state index contributed by atoms with van der Waals surface area (Å²) in [5, 5.41) is 14.5. The zero-order valence-corrected chi connectivity index (χ0v) is 16.4. The zero-order chi connectivity index (χ0) is 20.1. The highest BCUT2D eigenvalue weighted by Crippen LogP contribution is 2.29. The van der Waals surface area contributed by atoms with Crippen molar-refractivity contribution in [3.8, 4) is 11.5 Å². The molecule has 4 rings (SSSR count). The van der Waals surface area contributed by atoms with E-state index in [1.54, 1.807) is 26.6 Å². The van der Waals surface area contributed by atoms with Gasteiger partial charge >= 0.3 is 0 Å². The van der Waals surface area contributed by atoms with Gasteiger partial charge in [-0.15, -0.1) is 5.10 Å². The number of nitrogens with one attached hydrogen (secondary N) is 1. The third-order valence-electron chi connectivity index (χ3n) is 4.79. The standard InChI is InChI=1S/C23H22N4O2/c1-28-21-8-7-17(14-22(21)29-2)15-25-23-19-6-4-3-5-18(19)20(26-27-23)13-16-9-11-24-12-10-16/h3-12,14H,13,15H2,1-2H3,(H,25,27). The Morgan fingerprint density at radius 2 is 1.55 bits per heavy atom. The second-order valence-electron chi connectivity index (χ2n) is 6.62. The van der Waals surface area contributed by atoms with Crippen molar-refractivity contribution in [3.05, 3.63) is 83.8 Å². The molecule has 0 aliphatic heterocycles. The van der Waals surface area contributed by atoms with Gasteiger partial charge in [-0.25, -0.2) is 0 Å². The maximum atomic E-state index is 5.39. The number of benzene rings is 2. The van der Waals surface area contributed by atoms with Crippen LogP contribution in [0.5, 0.6) is 11.5 Å². The lowest BCUT2D eigenvalue weighted by molar-refractivity contribution is 0.354. The van der Waals surface area contributed by atoms with Gasteiger partial charge in [-0.05, 0) is 35.4 Å². The molecule has 0 aliphatic rings. The first-order valence-corrected chi connectivity index (χ1v) is 9.36. The number of pyridine rings is 1. The van der Waals surface area contributed by atoms with E-state index in [9.17, 15) is 0 Å². The van der Waals surface area contributed by atoms with Crippen LogP contribution in [0.3, 0.4) is 0 Å². The number of rotatable bonds is 7. The Morgan fingerprint density at radius 3 is 2.31 bits per heavy atom. The summed E-state index contributed by atoms with van der Waals surface area (Å²) in [6.07, 6.45) is 4.31. The highest BCUT2D eigenvalue weighted by atomic mass is 16.5. The van der Waals surface area contributed by atoms with Crippen molar-refractivity contribution in [1.82, 2.24) is 15.2 Å². The minimum atomic E-state index is 0.600. The van der Waals surface area contributed by atoms with E-state index in [1.807, 2.05) is 42.5 Å². The monoisotopic (exact) mass is 386 g/mol. The molecule has 2 aromatic heterocycles. The molecule has 0 unspecified atom stereocenters. The molecular weight excluding hydrogens is 364 g/mol. The molecular formula is C23H22N4O2. The van der Waals surface area contributed by atoms with Gasteiger partial charge in [-0.1, -0.05) is 30.3 Å². The first-order valence-electron chi connectivity index (χ1n) is 9.36. The Bertz CT molecular complexity index is 1120. The number of anilines is 1. The SMILES string of the molecule is COc1ccc(CNc2nnc(Cc3ccncc3)c3ccccc23)cc1OC. The van der Waals surface area contributed by atoms with Crippen molar-refractivity contribution < 1.29 is 9.47 Å². The first-order chi connectivity index (χ1) is 14.3. The van der Waals surface area contributed by atoms with Crippen LogP contribution < -0.4 is 14.8 Å². The molecule has 0 atom stereocenters. The van der Waals surface area contributed by atoms with E-state index in [4.69, 9.17) is 9.47 Å². The predicted octanol–water partition coefficient (Wildman–Crippen LogP) is 4.24. The van der Waals surface area contributed by atoms with Crippen LogP contribution in [-0.2, 0) is 13.0 Å². The van der Waals surface area contributed by atoms with Gasteiger partial charge in [-0.2, -0.15) is 5.10 Å². The first kappa shape index (κ1) is 18.7. The fourth-order valence-electron chi connectivity index (χ4n) is 3.29. The Balaban J connectivity index is 1.59. The molecule has 0 bridgehead atoms. The predicted molar refractivity (Wildman–Crippen MR) is 113 cm³/mol. The van der Waals surface area contributed by atoms with Crippen molar-refractivity contribution in [1.29, 1.82) is 0 Å². The Kier molecular flexibility index (Phi) is 5.52. The van der Waals surface area contributed by atoms with E-state index in [2.05, 4.69) is 32.6 Å². The van der Waals surface area contributed by atoms with Crippen molar-refractivity contribution >= 4 is 16.6 Å². The fraction of sp³-hybridized carbons (Fsp3) is 0.174. The molecule has 4 aromatic rings. The topological polar surface area (TPSA) is 69.2 Å². The van der Waals surface area contributed by atoms with Crippen molar-refractivity contribution in [2.45, 2.75) is 13.0 Å². The van der Waals surface area contributed by atoms with E-state index in [0.29, 0.717) is 24.5 Å². The summed E-state index contributed by atoms with van der Waals surface area (Å²) in [7, 11) is 3.26. The Hall–Kier alpha value is -3.67. The molecule has 6 nitrogen and oxygen atoms in total. The number of hydrogen-bond donors (Lipinski definition) is 1. The number of aromatic nitrogens is 3. The van der Waals surface area contributed by atoms with Gasteiger partial charge in [0.05, 0.1) is 19.9 Å². The van der Waals surface area contributed by atoms with E-state index in [-0.39, 0.29) is 0 Å². The lowest BCUT2D eigenvalue weighted by atomic mass is 10.0. The maximum Gasteiger partial charge on any atom is 0.161 e. The average molecular weight is 386 g/mol. The summed E-state index contributed by atoms with van der Waals surface area (Å²) in [5.41, 5.74) is 3.17. The summed E-state index contributed by atoms with van der Waals surface area (Å²) in [4.78, 5) is 4.08. The van der Waals surface area contributed by atoms with Crippen LogP contribution in [0, 0.1) is 0 Å². The normalized spacial score (nSPS) is 10.7. The lowest BCUT2D eigenvalue weighted by Crippen LogP contribution is -2.06. The highest BCUT2D eigenvalue weighted by molar-refractivity contribution is 5.93. The van der Waals surface area contributed by atoms with Crippen LogP contribution in [0.15, 0.2) is 67.0 Å². The van der Waals surface area contributed by atoms with Crippen molar-refractivity contribution in [3.63, 3.8) is 0 Å². The van der Waals surface area contributed by atoms with Crippen LogP contribution in [-0.4, -0.2) is 29.4 Å². The molecule has 0 saturated carbocycles. The van der Waals surface area contributed by atoms with Gasteiger partial charge in [0.15, 0.2) is 17.3 Å². The lowest BCUT2D eigenvalue weighted by Gasteiger charge is -2.13. The molecule has 29 heavy (non-hydrogen) atoms. The Labute approximate surface area is 169 Å². The zero-order valence-electron chi connectivity index (χ0n) is 16.4. The fourth-order valence-corrected chi connectivity index (χ4v) is 3.29. The molecule has 6 heteroatoms. The molecule has 0 spiro atoms. The third kappa shape index (κ3) is 4.11. The average Bonchev–Trinajstić information content (AvgIpc) is 2.79. The van der Waals surface area contributed by atoms with Gasteiger partial charge in [0, 0.05) is 36.1 Å². The van der Waals surface area contributed by atoms with Crippen LogP contribution in [0.1, 0.15) is 16.8 Å². The number of methoxy groups -OCH3 is 2. The maximum absolute atomic E-state index is 5.39. The molecule has 0 amide bonds. The number of fused-ring (bicyclic) bond motifs is 1. The van der Waals surface area contributed by atoms with E-state index < -0.39 is 0 Å². The van der Waals surface area contributed by atoms with Gasteiger partial charge in [0.1, 0.15) is 0 Å². The minimum Gasteiger partial charge on any atom is -0.493 e. The van der Waals surface area contributed by atoms with Crippen LogP contribution in [0.25, 0.3) is 10.8 Å². The summed E-state index contributed by atoms with van der Waals surface area (Å²) in [6, 6.07) is 18.1. The third-order valence-corrected chi connectivity index (χ3v) is 4.79. The number of hydrogen-bond acceptors (Lipinski definition) is 6. The van der Waals surface area contributed by atoms with Crippen LogP contribution >= 0.6 is 0 Å². The second kappa shape index (κ2) is 8.56. The number of nitrogens with zero attached hydrogens (tertiary/aromatic N) is 3. The number of ether oxygens (including phenoxy) is 2. The van der Waals surface area contributed by atoms with E-state index in [0.717, 1.165) is 33.4 Å². The van der Waals surface area contributed by atoms with Crippen LogP contribution in [0.4, 0.5) is 5.82 Å². The van der Waals surface area contributed by atoms with Gasteiger partial charge in [-0.3, -0.25) is 4.98 Å². The van der Waals surface area contributed by atoms with Gasteiger partial charge in [0.25, 0.3) is 0 Å². The molecule has 0 saturated heterocycles. The summed E-state index contributed by atoms with van der Waals surface area (Å²) < 4.78 is 10.7. The second-order valence-corrected chi connectivity index (χ2v) is 6.62. The molecule has 0 radical (unpaired) electrons. The molecule has 0 aliphatic carbocycles. The molecule has 146 valence electrons. The van der Waals surface area contributed by atoms with Crippen LogP contribution in [0.2, 0.25) is 0 Å². The van der Waals surface area contributed by atoms with Gasteiger partial charge < -0.3 is 14.8 Å². The van der Waals surface area contributed by atoms with Crippen molar-refractivity contribution in [2.75, 3.05) is 19.5 Å². The largest absolute Gasteiger partial charge is 0.493 e. The smallest absolute Gasteiger partial charge is 0.161 e. The van der Waals surface area contributed by atoms with E-state index >= 15 is 0 Å². The molecule has 1 N–H and O–H groups in total. The van der Waals surface area contributed by atoms with E-state index in [1.165, 1.54) is 0 Å². The quantitative estimate of drug-likeness (QED) is 0.512. The highest BCUT2D eigenvalue weighted by Gasteiger charge is 2.10. The van der Waals surface area contributed by atoms with Gasteiger partial charge in [0.2, 0.25) is 0 Å².